The molecule has 0 radical (unpaired) electrons. The third-order valence-electron chi connectivity index (χ3n) is 1.08. The lowest BCUT2D eigenvalue weighted by molar-refractivity contribution is -0.0177. The van der Waals surface area contributed by atoms with E-state index < -0.39 is 6.10 Å². The molecule has 0 aromatic heterocycles. The van der Waals surface area contributed by atoms with Crippen LogP contribution in [0.1, 0.15) is 13.8 Å². The van der Waals surface area contributed by atoms with Crippen LogP contribution in [0.25, 0.3) is 0 Å². The van der Waals surface area contributed by atoms with E-state index in [1.165, 1.54) is 0 Å². The third-order valence-corrected chi connectivity index (χ3v) is 1.08. The van der Waals surface area contributed by atoms with Gasteiger partial charge in [-0.2, -0.15) is 0 Å². The normalized spacial score (nSPS) is 19.0. The molecule has 0 aromatic rings. The number of aliphatic hydroxyl groups is 2. The van der Waals surface area contributed by atoms with Gasteiger partial charge in [-0.3, -0.25) is 0 Å². The molecule has 2 N–H and O–H groups in total. The van der Waals surface area contributed by atoms with Crippen LogP contribution >= 0.6 is 0 Å². The molecule has 0 saturated carbocycles. The average Bonchev–Trinajstić information content (AvgIpc) is 2.85. The minimum atomic E-state index is -0.445. The fourth-order valence-electron chi connectivity index (χ4n) is 0.356. The number of aliphatic hydroxyl groups excluding tert-OH is 2. The van der Waals surface area contributed by atoms with Gasteiger partial charge in [0.15, 0.2) is 0 Å². The van der Waals surface area contributed by atoms with Crippen LogP contribution < -0.4 is 0 Å². The molecule has 12 heavy (non-hydrogen) atoms. The zero-order valence-corrected chi connectivity index (χ0v) is 7.69. The SMILES string of the molecule is C1CO1.CC(O)COC(C)CO. The molecule has 1 saturated heterocycles. The lowest BCUT2D eigenvalue weighted by atomic mass is 10.4. The van der Waals surface area contributed by atoms with Gasteiger partial charge in [0.2, 0.25) is 0 Å². The Morgan fingerprint density at radius 1 is 1.42 bits per heavy atom. The molecule has 4 heteroatoms. The summed E-state index contributed by atoms with van der Waals surface area (Å²) in [7, 11) is 0. The van der Waals surface area contributed by atoms with Crippen LogP contribution in [-0.4, -0.2) is 48.8 Å². The maximum absolute atomic E-state index is 8.69. The summed E-state index contributed by atoms with van der Waals surface area (Å²) < 4.78 is 9.45. The Balaban J connectivity index is 0.000000330. The monoisotopic (exact) mass is 178 g/mol. The van der Waals surface area contributed by atoms with Crippen LogP contribution in [0.2, 0.25) is 0 Å². The van der Waals surface area contributed by atoms with Crippen LogP contribution in [0.15, 0.2) is 0 Å². The van der Waals surface area contributed by atoms with Crippen LogP contribution in [0.5, 0.6) is 0 Å². The fraction of sp³-hybridized carbons (Fsp3) is 1.00. The Labute approximate surface area is 73.1 Å². The second kappa shape index (κ2) is 7.49. The summed E-state index contributed by atoms with van der Waals surface area (Å²) in [5.41, 5.74) is 0. The Bertz CT molecular complexity index is 90.3. The maximum Gasteiger partial charge on any atom is 0.0779 e. The van der Waals surface area contributed by atoms with E-state index in [0.29, 0.717) is 6.61 Å². The highest BCUT2D eigenvalue weighted by Crippen LogP contribution is 1.90. The number of rotatable bonds is 4. The Morgan fingerprint density at radius 3 is 2.17 bits per heavy atom. The van der Waals surface area contributed by atoms with Gasteiger partial charge in [0, 0.05) is 0 Å². The zero-order valence-electron chi connectivity index (χ0n) is 7.69. The number of epoxide rings is 1. The fourth-order valence-corrected chi connectivity index (χ4v) is 0.356. The topological polar surface area (TPSA) is 62.2 Å². The van der Waals surface area contributed by atoms with E-state index >= 15 is 0 Å². The van der Waals surface area contributed by atoms with Gasteiger partial charge >= 0.3 is 0 Å². The minimum absolute atomic E-state index is 0.00667. The van der Waals surface area contributed by atoms with Gasteiger partial charge in [-0.15, -0.1) is 0 Å². The molecule has 1 aliphatic rings. The molecule has 2 unspecified atom stereocenters. The summed E-state index contributed by atoms with van der Waals surface area (Å²) >= 11 is 0. The molecule has 0 spiro atoms. The maximum atomic E-state index is 8.69. The Kier molecular flexibility index (Phi) is 7.39. The molecule has 4 nitrogen and oxygen atoms in total. The molecule has 74 valence electrons. The lowest BCUT2D eigenvalue weighted by Crippen LogP contribution is -2.19. The molecule has 1 heterocycles. The summed E-state index contributed by atoms with van der Waals surface area (Å²) in [6.07, 6.45) is -0.612. The highest BCUT2D eigenvalue weighted by atomic mass is 16.6. The van der Waals surface area contributed by atoms with E-state index in [0.717, 1.165) is 13.2 Å². The van der Waals surface area contributed by atoms with E-state index in [9.17, 15) is 0 Å². The van der Waals surface area contributed by atoms with Gasteiger partial charge in [0.05, 0.1) is 38.6 Å². The van der Waals surface area contributed by atoms with Gasteiger partial charge in [-0.1, -0.05) is 0 Å². The molecule has 0 aromatic carbocycles. The molecule has 1 aliphatic heterocycles. The van der Waals surface area contributed by atoms with Crippen LogP contribution in [0.3, 0.4) is 0 Å². The van der Waals surface area contributed by atoms with Crippen molar-refractivity contribution in [1.82, 2.24) is 0 Å². The van der Waals surface area contributed by atoms with Crippen molar-refractivity contribution in [1.29, 1.82) is 0 Å². The molecule has 2 atom stereocenters. The van der Waals surface area contributed by atoms with Gasteiger partial charge < -0.3 is 19.7 Å². The molecular formula is C8H18O4. The zero-order chi connectivity index (χ0) is 9.40. The van der Waals surface area contributed by atoms with Crippen LogP contribution in [0, 0.1) is 0 Å². The molecule has 1 rings (SSSR count). The highest BCUT2D eigenvalue weighted by Gasteiger charge is 2.00. The summed E-state index contributed by atoms with van der Waals surface area (Å²) in [6, 6.07) is 0. The predicted octanol–water partition coefficient (Wildman–Crippen LogP) is -0.219. The average molecular weight is 178 g/mol. The van der Waals surface area contributed by atoms with Crippen molar-refractivity contribution in [3.05, 3.63) is 0 Å². The first-order valence-electron chi connectivity index (χ1n) is 4.15. The lowest BCUT2D eigenvalue weighted by Gasteiger charge is -2.10. The Morgan fingerprint density at radius 2 is 1.92 bits per heavy atom. The van der Waals surface area contributed by atoms with Gasteiger partial charge in [-0.05, 0) is 13.8 Å². The summed E-state index contributed by atoms with van der Waals surface area (Å²) in [5, 5.41) is 17.1. The predicted molar refractivity (Wildman–Crippen MR) is 45.0 cm³/mol. The molecule has 0 amide bonds. The minimum Gasteiger partial charge on any atom is -0.394 e. The van der Waals surface area contributed by atoms with E-state index in [1.807, 2.05) is 0 Å². The summed E-state index contributed by atoms with van der Waals surface area (Å²) in [6.45, 7) is 5.70. The second-order valence-corrected chi connectivity index (χ2v) is 2.79. The van der Waals surface area contributed by atoms with Gasteiger partial charge in [0.25, 0.3) is 0 Å². The van der Waals surface area contributed by atoms with E-state index in [4.69, 9.17) is 14.9 Å². The van der Waals surface area contributed by atoms with Crippen molar-refractivity contribution in [3.8, 4) is 0 Å². The molecular weight excluding hydrogens is 160 g/mol. The van der Waals surface area contributed by atoms with E-state index in [1.54, 1.807) is 13.8 Å². The van der Waals surface area contributed by atoms with Crippen LogP contribution in [0.4, 0.5) is 0 Å². The molecule has 0 bridgehead atoms. The van der Waals surface area contributed by atoms with Crippen LogP contribution in [-0.2, 0) is 9.47 Å². The van der Waals surface area contributed by atoms with E-state index in [-0.39, 0.29) is 12.7 Å². The number of ether oxygens (including phenoxy) is 2. The van der Waals surface area contributed by atoms with Gasteiger partial charge in [-0.25, -0.2) is 0 Å². The first-order valence-corrected chi connectivity index (χ1v) is 4.15. The van der Waals surface area contributed by atoms with Crippen molar-refractivity contribution in [2.45, 2.75) is 26.1 Å². The van der Waals surface area contributed by atoms with Crippen molar-refractivity contribution in [3.63, 3.8) is 0 Å². The summed E-state index contributed by atoms with van der Waals surface area (Å²) in [4.78, 5) is 0. The highest BCUT2D eigenvalue weighted by molar-refractivity contribution is 4.47. The largest absolute Gasteiger partial charge is 0.394 e. The van der Waals surface area contributed by atoms with Crippen molar-refractivity contribution in [2.24, 2.45) is 0 Å². The molecule has 1 fully saturated rings. The number of hydrogen-bond acceptors (Lipinski definition) is 4. The van der Waals surface area contributed by atoms with Gasteiger partial charge in [0.1, 0.15) is 0 Å². The van der Waals surface area contributed by atoms with E-state index in [2.05, 4.69) is 4.74 Å². The smallest absolute Gasteiger partial charge is 0.0779 e. The van der Waals surface area contributed by atoms with Crippen molar-refractivity contribution < 1.29 is 19.7 Å². The molecule has 0 aliphatic carbocycles. The number of hydrogen-bond donors (Lipinski definition) is 2. The first-order chi connectivity index (χ1) is 5.66. The third kappa shape index (κ3) is 12.5. The summed E-state index contributed by atoms with van der Waals surface area (Å²) in [5.74, 6) is 0. The van der Waals surface area contributed by atoms with Crippen molar-refractivity contribution in [2.75, 3.05) is 26.4 Å². The quantitative estimate of drug-likeness (QED) is 0.584. The standard InChI is InChI=1S/C6H14O3.C2H4O/c1-5(8)4-9-6(2)3-7;1-2-3-1/h5-8H,3-4H2,1-2H3;1-2H2. The second-order valence-electron chi connectivity index (χ2n) is 2.79. The first kappa shape index (κ1) is 11.8. The Hall–Kier alpha value is -0.160. The van der Waals surface area contributed by atoms with Crippen molar-refractivity contribution >= 4 is 0 Å².